The second-order valence-corrected chi connectivity index (χ2v) is 5.97. The van der Waals surface area contributed by atoms with Crippen molar-refractivity contribution in [2.45, 2.75) is 13.0 Å². The van der Waals surface area contributed by atoms with Gasteiger partial charge in [0.05, 0.1) is 19.3 Å². The molecule has 0 radical (unpaired) electrons. The molecule has 4 aromatic rings. The fourth-order valence-electron chi connectivity index (χ4n) is 3.11. The predicted molar refractivity (Wildman–Crippen MR) is 98.9 cm³/mol. The van der Waals surface area contributed by atoms with Crippen LogP contribution in [0.3, 0.4) is 0 Å². The first-order valence-corrected chi connectivity index (χ1v) is 8.31. The molecule has 2 aromatic carbocycles. The Morgan fingerprint density at radius 2 is 1.56 bits per heavy atom. The van der Waals surface area contributed by atoms with Crippen LogP contribution in [-0.2, 0) is 13.0 Å². The highest BCUT2D eigenvalue weighted by molar-refractivity contribution is 5.86. The molecule has 4 nitrogen and oxygen atoms in total. The lowest BCUT2D eigenvalue weighted by molar-refractivity contribution is 0.400. The average Bonchev–Trinajstić information content (AvgIpc) is 3.01. The van der Waals surface area contributed by atoms with Gasteiger partial charge in [0.25, 0.3) is 0 Å². The Morgan fingerprint density at radius 3 is 2.24 bits per heavy atom. The number of methoxy groups -OCH3 is 1. The normalized spacial score (nSPS) is 10.9. The average molecular weight is 329 g/mol. The van der Waals surface area contributed by atoms with E-state index in [9.17, 15) is 0 Å². The van der Waals surface area contributed by atoms with Crippen molar-refractivity contribution in [3.63, 3.8) is 0 Å². The molecule has 25 heavy (non-hydrogen) atoms. The van der Waals surface area contributed by atoms with Crippen LogP contribution in [0.25, 0.3) is 10.9 Å². The number of rotatable bonds is 5. The summed E-state index contributed by atoms with van der Waals surface area (Å²) in [6, 6.07) is 22.7. The summed E-state index contributed by atoms with van der Waals surface area (Å²) >= 11 is 0. The summed E-state index contributed by atoms with van der Waals surface area (Å²) in [6.45, 7) is 0.689. The summed E-state index contributed by atoms with van der Waals surface area (Å²) in [5.74, 6) is 0.611. The van der Waals surface area contributed by atoms with E-state index >= 15 is 0 Å². The maximum Gasteiger partial charge on any atom is 0.239 e. The molecule has 0 fully saturated rings. The van der Waals surface area contributed by atoms with Crippen molar-refractivity contribution < 1.29 is 4.74 Å². The van der Waals surface area contributed by atoms with Gasteiger partial charge in [-0.1, -0.05) is 60.7 Å². The second kappa shape index (κ2) is 6.77. The molecule has 0 spiro atoms. The van der Waals surface area contributed by atoms with Crippen LogP contribution >= 0.6 is 0 Å². The first kappa shape index (κ1) is 15.4. The van der Waals surface area contributed by atoms with Gasteiger partial charge in [-0.2, -0.15) is 5.10 Å². The molecule has 4 rings (SSSR count). The molecule has 0 N–H and O–H groups in total. The quantitative estimate of drug-likeness (QED) is 0.554. The highest BCUT2D eigenvalue weighted by atomic mass is 16.5. The van der Waals surface area contributed by atoms with Gasteiger partial charge in [0.15, 0.2) is 0 Å². The van der Waals surface area contributed by atoms with Gasteiger partial charge in [0, 0.05) is 18.0 Å². The minimum Gasteiger partial charge on any atom is -0.479 e. The van der Waals surface area contributed by atoms with E-state index in [-0.39, 0.29) is 0 Å². The van der Waals surface area contributed by atoms with Crippen LogP contribution in [0, 0.1) is 0 Å². The first-order chi connectivity index (χ1) is 12.3. The molecule has 2 heterocycles. The molecule has 0 atom stereocenters. The van der Waals surface area contributed by atoms with E-state index in [1.165, 1.54) is 11.1 Å². The van der Waals surface area contributed by atoms with Gasteiger partial charge in [0.1, 0.15) is 5.52 Å². The molecular weight excluding hydrogens is 310 g/mol. The lowest BCUT2D eigenvalue weighted by Crippen LogP contribution is -2.03. The van der Waals surface area contributed by atoms with Gasteiger partial charge >= 0.3 is 0 Å². The maximum atomic E-state index is 5.50. The van der Waals surface area contributed by atoms with E-state index in [1.54, 1.807) is 13.3 Å². The third-order valence-corrected chi connectivity index (χ3v) is 4.28. The summed E-state index contributed by atoms with van der Waals surface area (Å²) in [5, 5.41) is 5.97. The molecule has 0 amide bonds. The van der Waals surface area contributed by atoms with E-state index in [4.69, 9.17) is 9.84 Å². The Kier molecular flexibility index (Phi) is 4.17. The number of nitrogens with zero attached hydrogens (tertiary/aromatic N) is 3. The zero-order valence-electron chi connectivity index (χ0n) is 14.1. The van der Waals surface area contributed by atoms with Crippen LogP contribution < -0.4 is 4.74 Å². The van der Waals surface area contributed by atoms with E-state index in [2.05, 4.69) is 41.4 Å². The van der Waals surface area contributed by atoms with E-state index in [0.29, 0.717) is 12.4 Å². The molecule has 0 aliphatic heterocycles. The summed E-state index contributed by atoms with van der Waals surface area (Å²) < 4.78 is 7.49. The van der Waals surface area contributed by atoms with Crippen molar-refractivity contribution >= 4 is 10.9 Å². The number of hydrogen-bond acceptors (Lipinski definition) is 3. The van der Waals surface area contributed by atoms with Crippen molar-refractivity contribution in [2.75, 3.05) is 7.11 Å². The molecule has 0 aliphatic carbocycles. The molecule has 2 aromatic heterocycles. The zero-order chi connectivity index (χ0) is 17.1. The Morgan fingerprint density at radius 1 is 0.880 bits per heavy atom. The second-order valence-electron chi connectivity index (χ2n) is 5.97. The third-order valence-electron chi connectivity index (χ3n) is 4.28. The van der Waals surface area contributed by atoms with Crippen molar-refractivity contribution in [3.05, 3.63) is 89.7 Å². The Balaban J connectivity index is 1.81. The highest BCUT2D eigenvalue weighted by Crippen LogP contribution is 2.28. The molecule has 0 bridgehead atoms. The van der Waals surface area contributed by atoms with Crippen molar-refractivity contribution in [1.29, 1.82) is 0 Å². The Labute approximate surface area is 146 Å². The summed E-state index contributed by atoms with van der Waals surface area (Å²) in [7, 11) is 1.65. The van der Waals surface area contributed by atoms with Gasteiger partial charge < -0.3 is 4.74 Å². The van der Waals surface area contributed by atoms with Gasteiger partial charge in [-0.05, 0) is 17.2 Å². The predicted octanol–water partition coefficient (Wildman–Crippen LogP) is 4.08. The number of pyridine rings is 1. The van der Waals surface area contributed by atoms with Crippen LogP contribution in [0.15, 0.2) is 72.9 Å². The summed E-state index contributed by atoms with van der Waals surface area (Å²) in [6.07, 6.45) is 2.57. The molecule has 0 saturated heterocycles. The monoisotopic (exact) mass is 329 g/mol. The number of benzene rings is 2. The number of fused-ring (bicyclic) bond motifs is 1. The smallest absolute Gasteiger partial charge is 0.239 e. The topological polar surface area (TPSA) is 39.9 Å². The van der Waals surface area contributed by atoms with Gasteiger partial charge in [-0.3, -0.25) is 4.68 Å². The van der Waals surface area contributed by atoms with Gasteiger partial charge in [0.2, 0.25) is 5.88 Å². The highest BCUT2D eigenvalue weighted by Gasteiger charge is 2.16. The first-order valence-electron chi connectivity index (χ1n) is 8.31. The van der Waals surface area contributed by atoms with Crippen LogP contribution in [0.4, 0.5) is 0 Å². The van der Waals surface area contributed by atoms with Gasteiger partial charge in [-0.15, -0.1) is 0 Å². The standard InChI is InChI=1S/C21H19N3O/c1-25-21-20-18(12-13-22-21)19(14-16-8-4-2-5-9-16)23-24(20)15-17-10-6-3-7-11-17/h2-13H,14-15H2,1H3. The van der Waals surface area contributed by atoms with Crippen molar-refractivity contribution in [3.8, 4) is 5.88 Å². The number of aromatic nitrogens is 3. The fourth-order valence-corrected chi connectivity index (χ4v) is 3.11. The van der Waals surface area contributed by atoms with E-state index in [1.807, 2.05) is 35.0 Å². The molecule has 0 aliphatic rings. The van der Waals surface area contributed by atoms with Crippen LogP contribution in [0.1, 0.15) is 16.8 Å². The van der Waals surface area contributed by atoms with Crippen LogP contribution in [0.5, 0.6) is 5.88 Å². The van der Waals surface area contributed by atoms with Gasteiger partial charge in [-0.25, -0.2) is 4.98 Å². The maximum absolute atomic E-state index is 5.50. The van der Waals surface area contributed by atoms with E-state index < -0.39 is 0 Å². The molecule has 0 saturated carbocycles. The van der Waals surface area contributed by atoms with Crippen LogP contribution in [-0.4, -0.2) is 21.9 Å². The minimum atomic E-state index is 0.611. The van der Waals surface area contributed by atoms with Crippen molar-refractivity contribution in [2.24, 2.45) is 0 Å². The summed E-state index contributed by atoms with van der Waals surface area (Å²) in [5.41, 5.74) is 4.42. The Hall–Kier alpha value is -3.14. The van der Waals surface area contributed by atoms with E-state index in [0.717, 1.165) is 23.0 Å². The van der Waals surface area contributed by atoms with Crippen molar-refractivity contribution in [1.82, 2.24) is 14.8 Å². The minimum absolute atomic E-state index is 0.611. The van der Waals surface area contributed by atoms with Crippen LogP contribution in [0.2, 0.25) is 0 Å². The molecule has 0 unspecified atom stereocenters. The Bertz CT molecular complexity index is 978. The lowest BCUT2D eigenvalue weighted by atomic mass is 10.1. The molecule has 4 heteroatoms. The summed E-state index contributed by atoms with van der Waals surface area (Å²) in [4.78, 5) is 4.36. The zero-order valence-corrected chi connectivity index (χ0v) is 14.1. The molecule has 124 valence electrons. The largest absolute Gasteiger partial charge is 0.479 e. The third kappa shape index (κ3) is 3.11. The molecular formula is C21H19N3O. The number of hydrogen-bond donors (Lipinski definition) is 0. The number of ether oxygens (including phenoxy) is 1. The SMILES string of the molecule is COc1nccc2c(Cc3ccccc3)nn(Cc3ccccc3)c12. The lowest BCUT2D eigenvalue weighted by Gasteiger charge is -2.06. The fraction of sp³-hybridized carbons (Fsp3) is 0.143.